The van der Waals surface area contributed by atoms with Crippen LogP contribution < -0.4 is 0 Å². The van der Waals surface area contributed by atoms with E-state index in [-0.39, 0.29) is 11.3 Å². The summed E-state index contributed by atoms with van der Waals surface area (Å²) < 4.78 is 7.35. The number of aromatic nitrogens is 1. The third-order valence-corrected chi connectivity index (χ3v) is 7.60. The highest BCUT2D eigenvalue weighted by atomic mass is 16.5. The molecule has 1 aliphatic carbocycles. The number of methoxy groups -OCH3 is 1. The van der Waals surface area contributed by atoms with Crippen molar-refractivity contribution in [3.63, 3.8) is 0 Å². The Morgan fingerprint density at radius 3 is 2.44 bits per heavy atom. The van der Waals surface area contributed by atoms with Gasteiger partial charge in [0.05, 0.1) is 7.11 Å². The highest BCUT2D eigenvalue weighted by Crippen LogP contribution is 2.45. The van der Waals surface area contributed by atoms with Crippen LogP contribution in [0.1, 0.15) is 39.5 Å². The van der Waals surface area contributed by atoms with Gasteiger partial charge in [-0.3, -0.25) is 0 Å². The molecule has 4 heteroatoms. The van der Waals surface area contributed by atoms with Crippen LogP contribution in [0.5, 0.6) is 5.75 Å². The predicted octanol–water partition coefficient (Wildman–Crippen LogP) is 6.86. The van der Waals surface area contributed by atoms with E-state index < -0.39 is 11.4 Å². The van der Waals surface area contributed by atoms with Crippen molar-refractivity contribution >= 4 is 33.9 Å². The van der Waals surface area contributed by atoms with Gasteiger partial charge in [-0.15, -0.1) is 0 Å². The molecule has 1 aromatic heterocycles. The lowest BCUT2D eigenvalue weighted by atomic mass is 9.67. The average Bonchev–Trinajstić information content (AvgIpc) is 3.25. The predicted molar refractivity (Wildman–Crippen MR) is 145 cm³/mol. The highest BCUT2D eigenvalue weighted by Gasteiger charge is 2.37. The number of phenolic OH excluding ortho intramolecular Hbond substituents is 1. The summed E-state index contributed by atoms with van der Waals surface area (Å²) in [6.45, 7) is 3.06. The molecule has 0 amide bonds. The lowest BCUT2D eigenvalue weighted by Crippen LogP contribution is -2.31. The van der Waals surface area contributed by atoms with Gasteiger partial charge in [0, 0.05) is 33.8 Å². The molecule has 1 heterocycles. The Bertz CT molecular complexity index is 1660. The number of allylic oxidation sites excluding steroid dienone is 1. The molecule has 0 fully saturated rings. The second-order valence-corrected chi connectivity index (χ2v) is 9.36. The molecule has 36 heavy (non-hydrogen) atoms. The van der Waals surface area contributed by atoms with Gasteiger partial charge in [0.15, 0.2) is 0 Å². The number of aryl methyl sites for hydroxylation is 1. The number of ether oxygens (including phenoxy) is 1. The smallest absolute Gasteiger partial charge is 0.342 e. The molecule has 1 atom stereocenters. The number of carbonyl (C=O) groups is 1. The minimum atomic E-state index is -0.532. The fourth-order valence-corrected chi connectivity index (χ4v) is 5.86. The first-order valence-corrected chi connectivity index (χ1v) is 12.3. The Balaban J connectivity index is 1.61. The molecule has 0 bridgehead atoms. The Labute approximate surface area is 210 Å². The number of rotatable bonds is 4. The van der Waals surface area contributed by atoms with Crippen molar-refractivity contribution < 1.29 is 14.6 Å². The van der Waals surface area contributed by atoms with Crippen molar-refractivity contribution in [2.75, 3.05) is 7.11 Å². The minimum absolute atomic E-state index is 0.0636. The summed E-state index contributed by atoms with van der Waals surface area (Å²) in [5.74, 6) is -0.596. The topological polar surface area (TPSA) is 51.5 Å². The molecule has 6 rings (SSSR count). The number of nitrogens with zero attached hydrogens (tertiary/aromatic N) is 1. The molecule has 0 saturated heterocycles. The lowest BCUT2D eigenvalue weighted by molar-refractivity contribution is 0.0597. The summed E-state index contributed by atoms with van der Waals surface area (Å²) >= 11 is 0. The van der Waals surface area contributed by atoms with Crippen LogP contribution in [0.2, 0.25) is 0 Å². The van der Waals surface area contributed by atoms with E-state index in [0.29, 0.717) is 6.42 Å². The van der Waals surface area contributed by atoms with Crippen molar-refractivity contribution in [3.05, 3.63) is 119 Å². The SMILES string of the molecule is CCn1c2ccccc2c2ccc(C3(c4ccccc4)C=Cc4c(ccc(O)c4C(=O)OC)C3)cc21. The third-order valence-electron chi connectivity index (χ3n) is 7.60. The van der Waals surface area contributed by atoms with Gasteiger partial charge < -0.3 is 14.4 Å². The van der Waals surface area contributed by atoms with Crippen molar-refractivity contribution in [3.8, 4) is 5.75 Å². The van der Waals surface area contributed by atoms with Crippen molar-refractivity contribution in [1.29, 1.82) is 0 Å². The molecule has 1 unspecified atom stereocenters. The van der Waals surface area contributed by atoms with Crippen LogP contribution >= 0.6 is 0 Å². The third kappa shape index (κ3) is 3.18. The van der Waals surface area contributed by atoms with E-state index >= 15 is 0 Å². The molecule has 0 saturated carbocycles. The van der Waals surface area contributed by atoms with Gasteiger partial charge in [-0.25, -0.2) is 4.79 Å². The number of hydrogen-bond acceptors (Lipinski definition) is 3. The lowest BCUT2D eigenvalue weighted by Gasteiger charge is -2.36. The number of aromatic hydroxyl groups is 1. The molecule has 0 aliphatic heterocycles. The summed E-state index contributed by atoms with van der Waals surface area (Å²) in [4.78, 5) is 12.5. The number of para-hydroxylation sites is 1. The molecular weight excluding hydrogens is 446 g/mol. The second-order valence-electron chi connectivity index (χ2n) is 9.36. The zero-order valence-electron chi connectivity index (χ0n) is 20.4. The number of benzene rings is 4. The quantitative estimate of drug-likeness (QED) is 0.290. The van der Waals surface area contributed by atoms with Crippen molar-refractivity contribution in [2.24, 2.45) is 0 Å². The summed E-state index contributed by atoms with van der Waals surface area (Å²) in [5, 5.41) is 12.9. The molecular formula is C32H27NO3. The van der Waals surface area contributed by atoms with E-state index in [1.54, 1.807) is 6.07 Å². The van der Waals surface area contributed by atoms with Gasteiger partial charge in [-0.05, 0) is 53.8 Å². The zero-order valence-corrected chi connectivity index (χ0v) is 20.4. The van der Waals surface area contributed by atoms with Crippen LogP contribution in [0, 0.1) is 0 Å². The van der Waals surface area contributed by atoms with E-state index in [4.69, 9.17) is 4.74 Å². The maximum atomic E-state index is 12.5. The van der Waals surface area contributed by atoms with Crippen LogP contribution in [0.3, 0.4) is 0 Å². The van der Waals surface area contributed by atoms with Gasteiger partial charge in [0.25, 0.3) is 0 Å². The first kappa shape index (κ1) is 22.2. The number of hydrogen-bond donors (Lipinski definition) is 1. The summed E-state index contributed by atoms with van der Waals surface area (Å²) in [6, 6.07) is 29.4. The van der Waals surface area contributed by atoms with Gasteiger partial charge in [-0.1, -0.05) is 78.9 Å². The number of carbonyl (C=O) groups excluding carboxylic acids is 1. The monoisotopic (exact) mass is 473 g/mol. The van der Waals surface area contributed by atoms with Crippen LogP contribution in [-0.4, -0.2) is 22.8 Å². The van der Waals surface area contributed by atoms with Gasteiger partial charge in [0.1, 0.15) is 11.3 Å². The molecule has 178 valence electrons. The van der Waals surface area contributed by atoms with Crippen LogP contribution in [-0.2, 0) is 23.1 Å². The zero-order chi connectivity index (χ0) is 24.9. The minimum Gasteiger partial charge on any atom is -0.507 e. The molecule has 4 nitrogen and oxygen atoms in total. The van der Waals surface area contributed by atoms with E-state index in [1.807, 2.05) is 18.2 Å². The fraction of sp³-hybridized carbons (Fsp3) is 0.156. The number of phenols is 1. The van der Waals surface area contributed by atoms with Crippen LogP contribution in [0.4, 0.5) is 0 Å². The maximum Gasteiger partial charge on any atom is 0.342 e. The molecule has 4 aromatic carbocycles. The Kier molecular flexibility index (Phi) is 5.18. The molecule has 1 N–H and O–H groups in total. The summed E-state index contributed by atoms with van der Waals surface area (Å²) in [7, 11) is 1.34. The van der Waals surface area contributed by atoms with Crippen molar-refractivity contribution in [2.45, 2.75) is 25.3 Å². The van der Waals surface area contributed by atoms with E-state index in [1.165, 1.54) is 40.0 Å². The second kappa shape index (κ2) is 8.42. The van der Waals surface area contributed by atoms with Gasteiger partial charge in [-0.2, -0.15) is 0 Å². The van der Waals surface area contributed by atoms with Crippen molar-refractivity contribution in [1.82, 2.24) is 4.57 Å². The molecule has 0 spiro atoms. The van der Waals surface area contributed by atoms with E-state index in [2.05, 4.69) is 84.3 Å². The molecule has 1 aliphatic rings. The van der Waals surface area contributed by atoms with E-state index in [9.17, 15) is 9.90 Å². The van der Waals surface area contributed by atoms with Crippen LogP contribution in [0.15, 0.2) is 91.0 Å². The number of fused-ring (bicyclic) bond motifs is 4. The number of esters is 1. The van der Waals surface area contributed by atoms with E-state index in [0.717, 1.165) is 17.7 Å². The first-order chi connectivity index (χ1) is 17.6. The summed E-state index contributed by atoms with van der Waals surface area (Å²) in [6.07, 6.45) is 4.80. The average molecular weight is 474 g/mol. The highest BCUT2D eigenvalue weighted by molar-refractivity contribution is 6.08. The maximum absolute atomic E-state index is 12.5. The molecule has 0 radical (unpaired) electrons. The van der Waals surface area contributed by atoms with Crippen LogP contribution in [0.25, 0.3) is 27.9 Å². The summed E-state index contributed by atoms with van der Waals surface area (Å²) in [5.41, 5.74) is 6.32. The Morgan fingerprint density at radius 1 is 0.917 bits per heavy atom. The van der Waals surface area contributed by atoms with Gasteiger partial charge in [0.2, 0.25) is 0 Å². The standard InChI is InChI=1S/C32H27NO3/c1-3-33-27-12-8-7-11-25(27)26-15-14-23(19-28(26)33)32(22-9-5-4-6-10-22)18-17-24-21(20-32)13-16-29(34)30(24)31(35)36-2/h4-19,34H,3,20H2,1-2H3. The first-order valence-electron chi connectivity index (χ1n) is 12.3. The van der Waals surface area contributed by atoms with Gasteiger partial charge >= 0.3 is 5.97 Å². The Morgan fingerprint density at radius 2 is 1.67 bits per heavy atom. The largest absolute Gasteiger partial charge is 0.507 e. The normalized spacial score (nSPS) is 16.8. The fourth-order valence-electron chi connectivity index (χ4n) is 5.86. The molecule has 5 aromatic rings. The Hall–Kier alpha value is -4.31.